The summed E-state index contributed by atoms with van der Waals surface area (Å²) in [5, 5.41) is 0.830. The molecular formula is C9H13Cl2N. The Kier molecular flexibility index (Phi) is 5.31. The number of rotatable bonds is 2. The average molecular weight is 206 g/mol. The molecule has 0 aliphatic heterocycles. The number of hydrogen-bond acceptors (Lipinski definition) is 1. The van der Waals surface area contributed by atoms with Crippen LogP contribution >= 0.6 is 24.0 Å². The second kappa shape index (κ2) is 5.41. The molecule has 0 aliphatic rings. The number of benzene rings is 1. The predicted octanol–water partition coefficient (Wildman–Crippen LogP) is 2.57. The molecule has 0 saturated heterocycles. The zero-order chi connectivity index (χ0) is 8.27. The van der Waals surface area contributed by atoms with Crippen molar-refractivity contribution < 1.29 is 0 Å². The highest BCUT2D eigenvalue weighted by atomic mass is 35.5. The van der Waals surface area contributed by atoms with E-state index in [1.165, 1.54) is 5.56 Å². The highest BCUT2D eigenvalue weighted by Gasteiger charge is 1.99. The summed E-state index contributed by atoms with van der Waals surface area (Å²) in [5.41, 5.74) is 7.84. The molecule has 0 spiro atoms. The summed E-state index contributed by atoms with van der Waals surface area (Å²) >= 11 is 5.91. The molecule has 0 saturated carbocycles. The Hall–Kier alpha value is -0.240. The summed E-state index contributed by atoms with van der Waals surface area (Å²) in [6, 6.07) is 5.92. The van der Waals surface area contributed by atoms with Crippen LogP contribution in [0.1, 0.15) is 11.1 Å². The molecule has 1 aromatic rings. The van der Waals surface area contributed by atoms with Crippen LogP contribution in [0.2, 0.25) is 5.02 Å². The fraction of sp³-hybridized carbons (Fsp3) is 0.333. The van der Waals surface area contributed by atoms with E-state index in [4.69, 9.17) is 17.3 Å². The van der Waals surface area contributed by atoms with Crippen molar-refractivity contribution in [2.75, 3.05) is 6.54 Å². The van der Waals surface area contributed by atoms with Crippen LogP contribution in [0.3, 0.4) is 0 Å². The molecule has 0 heterocycles. The van der Waals surface area contributed by atoms with E-state index >= 15 is 0 Å². The van der Waals surface area contributed by atoms with E-state index in [0.29, 0.717) is 6.54 Å². The molecule has 0 radical (unpaired) electrons. The van der Waals surface area contributed by atoms with Crippen LogP contribution in [-0.2, 0) is 6.42 Å². The first-order valence-corrected chi connectivity index (χ1v) is 4.07. The SMILES string of the molecule is Cc1c(Cl)cccc1CCN.Cl. The van der Waals surface area contributed by atoms with Crippen LogP contribution in [0.15, 0.2) is 18.2 Å². The maximum absolute atomic E-state index is 5.91. The number of nitrogens with two attached hydrogens (primary N) is 1. The molecule has 0 fully saturated rings. The van der Waals surface area contributed by atoms with Gasteiger partial charge in [-0.15, -0.1) is 12.4 Å². The second-order valence-electron chi connectivity index (χ2n) is 2.56. The minimum Gasteiger partial charge on any atom is -0.330 e. The van der Waals surface area contributed by atoms with Crippen LogP contribution in [0, 0.1) is 6.92 Å². The summed E-state index contributed by atoms with van der Waals surface area (Å²) in [6.07, 6.45) is 0.909. The van der Waals surface area contributed by atoms with E-state index in [1.807, 2.05) is 19.1 Å². The topological polar surface area (TPSA) is 26.0 Å². The smallest absolute Gasteiger partial charge is 0.0437 e. The second-order valence-corrected chi connectivity index (χ2v) is 2.97. The first kappa shape index (κ1) is 11.8. The van der Waals surface area contributed by atoms with Gasteiger partial charge in [-0.3, -0.25) is 0 Å². The van der Waals surface area contributed by atoms with Crippen LogP contribution < -0.4 is 5.73 Å². The molecule has 2 N–H and O–H groups in total. The van der Waals surface area contributed by atoms with Gasteiger partial charge in [0.1, 0.15) is 0 Å². The van der Waals surface area contributed by atoms with E-state index in [0.717, 1.165) is 17.0 Å². The Bertz CT molecular complexity index is 248. The molecule has 0 atom stereocenters. The molecular weight excluding hydrogens is 193 g/mol. The average Bonchev–Trinajstić information content (AvgIpc) is 1.99. The van der Waals surface area contributed by atoms with Crippen molar-refractivity contribution >= 4 is 24.0 Å². The van der Waals surface area contributed by atoms with Gasteiger partial charge >= 0.3 is 0 Å². The standard InChI is InChI=1S/C9H12ClN.ClH/c1-7-8(5-6-11)3-2-4-9(7)10;/h2-4H,5-6,11H2,1H3;1H. The van der Waals surface area contributed by atoms with Crippen LogP contribution in [-0.4, -0.2) is 6.54 Å². The minimum atomic E-state index is 0. The fourth-order valence-corrected chi connectivity index (χ4v) is 1.27. The van der Waals surface area contributed by atoms with Gasteiger partial charge in [0.15, 0.2) is 0 Å². The lowest BCUT2D eigenvalue weighted by molar-refractivity contribution is 0.958. The first-order chi connectivity index (χ1) is 5.25. The molecule has 0 aromatic heterocycles. The highest BCUT2D eigenvalue weighted by Crippen LogP contribution is 2.18. The molecule has 0 bridgehead atoms. The molecule has 68 valence electrons. The van der Waals surface area contributed by atoms with E-state index in [9.17, 15) is 0 Å². The zero-order valence-electron chi connectivity index (χ0n) is 7.01. The minimum absolute atomic E-state index is 0. The molecule has 0 aliphatic carbocycles. The van der Waals surface area contributed by atoms with Crippen molar-refractivity contribution in [3.8, 4) is 0 Å². The fourth-order valence-electron chi connectivity index (χ4n) is 1.08. The van der Waals surface area contributed by atoms with Crippen LogP contribution in [0.5, 0.6) is 0 Å². The summed E-state index contributed by atoms with van der Waals surface area (Å²) in [7, 11) is 0. The van der Waals surface area contributed by atoms with Gasteiger partial charge in [-0.25, -0.2) is 0 Å². The summed E-state index contributed by atoms with van der Waals surface area (Å²) in [4.78, 5) is 0. The Balaban J connectivity index is 0.00000121. The van der Waals surface area contributed by atoms with E-state index in [2.05, 4.69) is 6.07 Å². The van der Waals surface area contributed by atoms with Gasteiger partial charge in [-0.05, 0) is 37.1 Å². The van der Waals surface area contributed by atoms with Crippen molar-refractivity contribution in [3.05, 3.63) is 34.3 Å². The van der Waals surface area contributed by atoms with Gasteiger partial charge in [0.05, 0.1) is 0 Å². The molecule has 1 rings (SSSR count). The summed E-state index contributed by atoms with van der Waals surface area (Å²) in [5.74, 6) is 0. The number of halogens is 2. The van der Waals surface area contributed by atoms with Gasteiger partial charge < -0.3 is 5.73 Å². The summed E-state index contributed by atoms with van der Waals surface area (Å²) in [6.45, 7) is 2.70. The lowest BCUT2D eigenvalue weighted by Crippen LogP contribution is -2.03. The molecule has 3 heteroatoms. The first-order valence-electron chi connectivity index (χ1n) is 3.69. The molecule has 1 aromatic carbocycles. The highest BCUT2D eigenvalue weighted by molar-refractivity contribution is 6.31. The summed E-state index contributed by atoms with van der Waals surface area (Å²) < 4.78 is 0. The Morgan fingerprint density at radius 1 is 1.42 bits per heavy atom. The third-order valence-corrected chi connectivity index (χ3v) is 2.20. The Labute approximate surface area is 84.3 Å². The van der Waals surface area contributed by atoms with Crippen molar-refractivity contribution in [1.29, 1.82) is 0 Å². The van der Waals surface area contributed by atoms with Gasteiger partial charge in [0.2, 0.25) is 0 Å². The quantitative estimate of drug-likeness (QED) is 0.790. The monoisotopic (exact) mass is 205 g/mol. The van der Waals surface area contributed by atoms with Crippen molar-refractivity contribution in [3.63, 3.8) is 0 Å². The Morgan fingerprint density at radius 2 is 2.08 bits per heavy atom. The van der Waals surface area contributed by atoms with E-state index in [1.54, 1.807) is 0 Å². The van der Waals surface area contributed by atoms with Crippen molar-refractivity contribution in [2.24, 2.45) is 5.73 Å². The van der Waals surface area contributed by atoms with Gasteiger partial charge in [-0.1, -0.05) is 23.7 Å². The van der Waals surface area contributed by atoms with Crippen LogP contribution in [0.25, 0.3) is 0 Å². The van der Waals surface area contributed by atoms with Crippen molar-refractivity contribution in [2.45, 2.75) is 13.3 Å². The normalized spacial score (nSPS) is 9.25. The molecule has 12 heavy (non-hydrogen) atoms. The lowest BCUT2D eigenvalue weighted by atomic mass is 10.1. The van der Waals surface area contributed by atoms with Gasteiger partial charge in [0, 0.05) is 5.02 Å². The largest absolute Gasteiger partial charge is 0.330 e. The van der Waals surface area contributed by atoms with Crippen LogP contribution in [0.4, 0.5) is 0 Å². The molecule has 1 nitrogen and oxygen atoms in total. The number of hydrogen-bond donors (Lipinski definition) is 1. The van der Waals surface area contributed by atoms with Gasteiger partial charge in [0.25, 0.3) is 0 Å². The third-order valence-electron chi connectivity index (χ3n) is 1.79. The Morgan fingerprint density at radius 3 is 2.67 bits per heavy atom. The third kappa shape index (κ3) is 2.67. The zero-order valence-corrected chi connectivity index (χ0v) is 8.58. The van der Waals surface area contributed by atoms with E-state index in [-0.39, 0.29) is 12.4 Å². The van der Waals surface area contributed by atoms with Crippen molar-refractivity contribution in [1.82, 2.24) is 0 Å². The lowest BCUT2D eigenvalue weighted by Gasteiger charge is -2.04. The van der Waals surface area contributed by atoms with E-state index < -0.39 is 0 Å². The van der Waals surface area contributed by atoms with Gasteiger partial charge in [-0.2, -0.15) is 0 Å². The molecule has 0 unspecified atom stereocenters. The predicted molar refractivity (Wildman–Crippen MR) is 56.2 cm³/mol. The maximum Gasteiger partial charge on any atom is 0.0437 e. The maximum atomic E-state index is 5.91. The molecule has 0 amide bonds.